The molecule has 0 aromatic carbocycles. The molecule has 224 valence electrons. The minimum atomic E-state index is -9.17. The van der Waals surface area contributed by atoms with E-state index in [1.54, 1.807) is 0 Å². The molecule has 0 amide bonds. The summed E-state index contributed by atoms with van der Waals surface area (Å²) in [6.45, 7) is -3.38. The zero-order valence-corrected chi connectivity index (χ0v) is 19.1. The molecular weight excluding hydrogens is 654 g/mol. The Morgan fingerprint density at radius 3 is 0.838 bits per heavy atom. The number of halogens is 23. The standard InChI is InChI=1S/C13H7Cl2F21Si/c1-37(14,15)3-2-4(16,17)5(18,19)6(20,21)7(22,23)8(24,25)9(26,27)10(28,29)11(30,31)12(32,33)13(34,35)36/h2-3H2,1H3. The van der Waals surface area contributed by atoms with Crippen molar-refractivity contribution in [3.8, 4) is 0 Å². The average Bonchev–Trinajstić information content (AvgIpc) is 2.63. The van der Waals surface area contributed by atoms with Gasteiger partial charge in [-0.25, -0.2) is 0 Å². The van der Waals surface area contributed by atoms with Gasteiger partial charge in [-0.1, -0.05) is 0 Å². The van der Waals surface area contributed by atoms with Crippen LogP contribution < -0.4 is 0 Å². The molecule has 0 nitrogen and oxygen atoms in total. The van der Waals surface area contributed by atoms with Crippen LogP contribution in [0.5, 0.6) is 0 Å². The van der Waals surface area contributed by atoms with Crippen LogP contribution in [-0.2, 0) is 0 Å². The number of alkyl halides is 21. The Hall–Kier alpha value is -0.673. The maximum Gasteiger partial charge on any atom is 0.460 e. The first-order valence-corrected chi connectivity index (χ1v) is 13.0. The first-order chi connectivity index (χ1) is 15.5. The maximum atomic E-state index is 13.6. The topological polar surface area (TPSA) is 0 Å². The molecule has 0 radical (unpaired) electrons. The Kier molecular flexibility index (Phi) is 9.02. The second-order valence-electron chi connectivity index (χ2n) is 7.37. The smallest absolute Gasteiger partial charge is 0.200 e. The van der Waals surface area contributed by atoms with Gasteiger partial charge in [-0.2, -0.15) is 92.2 Å². The lowest BCUT2D eigenvalue weighted by Crippen LogP contribution is -2.76. The summed E-state index contributed by atoms with van der Waals surface area (Å²) in [6.07, 6.45) is -10.8. The quantitative estimate of drug-likeness (QED) is 0.118. The van der Waals surface area contributed by atoms with Crippen molar-refractivity contribution in [3.05, 3.63) is 0 Å². The summed E-state index contributed by atoms with van der Waals surface area (Å²) in [6, 6.07) is -1.62. The van der Waals surface area contributed by atoms with Crippen molar-refractivity contribution < 1.29 is 92.2 Å². The van der Waals surface area contributed by atoms with E-state index in [9.17, 15) is 92.2 Å². The molecule has 0 aromatic heterocycles. The van der Waals surface area contributed by atoms with E-state index in [4.69, 9.17) is 22.2 Å². The number of hydrogen-bond donors (Lipinski definition) is 0. The predicted molar refractivity (Wildman–Crippen MR) is 83.3 cm³/mol. The van der Waals surface area contributed by atoms with E-state index in [0.29, 0.717) is 6.55 Å². The second-order valence-corrected chi connectivity index (χ2v) is 15.6. The minimum absolute atomic E-state index is 0.630. The third-order valence-electron chi connectivity index (χ3n) is 4.45. The van der Waals surface area contributed by atoms with Gasteiger partial charge in [-0.05, 0) is 12.6 Å². The molecule has 0 spiro atoms. The zero-order chi connectivity index (χ0) is 30.9. The van der Waals surface area contributed by atoms with E-state index in [1.165, 1.54) is 0 Å². The average molecular weight is 661 g/mol. The van der Waals surface area contributed by atoms with Crippen LogP contribution in [0.15, 0.2) is 0 Å². The third kappa shape index (κ3) is 5.15. The minimum Gasteiger partial charge on any atom is -0.200 e. The molecule has 0 N–H and O–H groups in total. The highest BCUT2D eigenvalue weighted by Gasteiger charge is 2.97. The van der Waals surface area contributed by atoms with E-state index < -0.39 is 78.6 Å². The molecule has 0 aliphatic carbocycles. The van der Waals surface area contributed by atoms with Crippen molar-refractivity contribution in [1.29, 1.82) is 0 Å². The molecular formula is C13H7Cl2F21Si. The van der Waals surface area contributed by atoms with Crippen molar-refractivity contribution in [2.45, 2.75) is 78.5 Å². The van der Waals surface area contributed by atoms with Crippen LogP contribution in [0.25, 0.3) is 0 Å². The fourth-order valence-electron chi connectivity index (χ4n) is 2.12. The summed E-state index contributed by atoms with van der Waals surface area (Å²) in [7, 11) is 0. The summed E-state index contributed by atoms with van der Waals surface area (Å²) in [5, 5.41) is 0. The summed E-state index contributed by atoms with van der Waals surface area (Å²) < 4.78 is 277. The van der Waals surface area contributed by atoms with E-state index in [1.807, 2.05) is 0 Å². The van der Waals surface area contributed by atoms with E-state index in [0.717, 1.165) is 0 Å². The van der Waals surface area contributed by atoms with E-state index >= 15 is 0 Å². The van der Waals surface area contributed by atoms with Crippen LogP contribution in [0, 0.1) is 0 Å². The SMILES string of the molecule is C[Si](Cl)(Cl)CCC(F)(F)C(F)(F)C(F)(F)C(F)(F)C(F)(F)C(F)(F)C(F)(F)C(F)(F)C(F)(F)C(F)(F)F. The van der Waals surface area contributed by atoms with Gasteiger partial charge in [0.1, 0.15) is 0 Å². The lowest BCUT2D eigenvalue weighted by Gasteiger charge is -2.44. The van der Waals surface area contributed by atoms with E-state index in [2.05, 4.69) is 0 Å². The highest BCUT2D eigenvalue weighted by molar-refractivity contribution is 7.44. The summed E-state index contributed by atoms with van der Waals surface area (Å²) in [4.78, 5) is 0. The van der Waals surface area contributed by atoms with Gasteiger partial charge in [0.2, 0.25) is 6.69 Å². The largest absolute Gasteiger partial charge is 0.460 e. The fourth-order valence-corrected chi connectivity index (χ4v) is 3.44. The first-order valence-electron chi connectivity index (χ1n) is 8.30. The third-order valence-corrected chi connectivity index (χ3v) is 6.72. The molecule has 0 aromatic rings. The van der Waals surface area contributed by atoms with Crippen LogP contribution >= 0.6 is 22.2 Å². The van der Waals surface area contributed by atoms with Crippen LogP contribution in [0.1, 0.15) is 6.42 Å². The Labute approximate surface area is 200 Å². The van der Waals surface area contributed by atoms with Gasteiger partial charge in [0.05, 0.1) is 0 Å². The molecule has 0 aliphatic heterocycles. The molecule has 24 heteroatoms. The van der Waals surface area contributed by atoms with Gasteiger partial charge in [0, 0.05) is 6.42 Å². The summed E-state index contributed by atoms with van der Waals surface area (Å²) in [5.41, 5.74) is 0. The predicted octanol–water partition coefficient (Wildman–Crippen LogP) is 9.21. The molecule has 0 bridgehead atoms. The Morgan fingerprint density at radius 2 is 0.622 bits per heavy atom. The molecule has 0 atom stereocenters. The Balaban J connectivity index is 6.95. The van der Waals surface area contributed by atoms with Crippen molar-refractivity contribution in [3.63, 3.8) is 0 Å². The molecule has 0 fully saturated rings. The molecule has 0 saturated heterocycles. The van der Waals surface area contributed by atoms with Gasteiger partial charge >= 0.3 is 59.5 Å². The lowest BCUT2D eigenvalue weighted by atomic mass is 9.86. The zero-order valence-electron chi connectivity index (χ0n) is 16.6. The van der Waals surface area contributed by atoms with Crippen molar-refractivity contribution >= 4 is 28.9 Å². The highest BCUT2D eigenvalue weighted by Crippen LogP contribution is 2.66. The van der Waals surface area contributed by atoms with Gasteiger partial charge in [-0.15, -0.1) is 22.2 Å². The van der Waals surface area contributed by atoms with Crippen LogP contribution in [0.4, 0.5) is 92.2 Å². The maximum absolute atomic E-state index is 13.6. The number of hydrogen-bond acceptors (Lipinski definition) is 0. The van der Waals surface area contributed by atoms with Gasteiger partial charge in [0.25, 0.3) is 0 Å². The van der Waals surface area contributed by atoms with Crippen LogP contribution in [0.2, 0.25) is 12.6 Å². The summed E-state index contributed by atoms with van der Waals surface area (Å²) >= 11 is 10.3. The normalized spacial score (nSPS) is 16.9. The van der Waals surface area contributed by atoms with Crippen LogP contribution in [0.3, 0.4) is 0 Å². The van der Waals surface area contributed by atoms with Gasteiger partial charge < -0.3 is 0 Å². The Morgan fingerprint density at radius 1 is 0.405 bits per heavy atom. The Bertz CT molecular complexity index is 823. The van der Waals surface area contributed by atoms with Crippen molar-refractivity contribution in [2.24, 2.45) is 0 Å². The van der Waals surface area contributed by atoms with Gasteiger partial charge in [-0.3, -0.25) is 0 Å². The van der Waals surface area contributed by atoms with Crippen LogP contribution in [-0.4, -0.2) is 66.2 Å². The molecule has 0 rings (SSSR count). The summed E-state index contributed by atoms with van der Waals surface area (Å²) in [5.74, 6) is -76.9. The second kappa shape index (κ2) is 9.18. The van der Waals surface area contributed by atoms with E-state index in [-0.39, 0.29) is 0 Å². The molecule has 37 heavy (non-hydrogen) atoms. The van der Waals surface area contributed by atoms with Crippen molar-refractivity contribution in [2.75, 3.05) is 0 Å². The molecule has 0 unspecified atom stereocenters. The van der Waals surface area contributed by atoms with Gasteiger partial charge in [0.15, 0.2) is 0 Å². The fraction of sp³-hybridized carbons (Fsp3) is 1.00. The molecule has 0 aliphatic rings. The lowest BCUT2D eigenvalue weighted by molar-refractivity contribution is -0.474. The molecule has 0 saturated carbocycles. The number of rotatable bonds is 11. The molecule has 0 heterocycles. The first kappa shape index (κ1) is 36.3. The van der Waals surface area contributed by atoms with Crippen molar-refractivity contribution in [1.82, 2.24) is 0 Å². The highest BCUT2D eigenvalue weighted by atomic mass is 35.7. The monoisotopic (exact) mass is 660 g/mol.